The molecule has 5 heterocycles. The number of pyridine rings is 5. The molecule has 0 N–H and O–H groups in total. The van der Waals surface area contributed by atoms with E-state index in [2.05, 4.69) is 207 Å². The fourth-order valence-electron chi connectivity index (χ4n) is 13.7. The van der Waals surface area contributed by atoms with Gasteiger partial charge in [-0.25, -0.2) is 4.39 Å². The number of alkyl halides is 3. The van der Waals surface area contributed by atoms with E-state index in [1.165, 1.54) is 103 Å². The number of hydrogen-bond donors (Lipinski definition) is 0. The van der Waals surface area contributed by atoms with Gasteiger partial charge in [-0.2, -0.15) is 13.2 Å². The molecular weight excluding hydrogens is 1240 g/mol. The molecule has 6 nitrogen and oxygen atoms in total. The molecule has 0 fully saturated rings. The molecule has 1 aliphatic rings. The molecule has 11 aromatic rings. The maximum atomic E-state index is 13.1. The topological polar surface area (TPSA) is 73.7 Å². The van der Waals surface area contributed by atoms with Crippen molar-refractivity contribution in [2.75, 3.05) is 7.11 Å². The molecule has 6 aromatic carbocycles. The van der Waals surface area contributed by atoms with Crippen molar-refractivity contribution < 1.29 is 22.3 Å². The van der Waals surface area contributed by atoms with Crippen LogP contribution < -0.4 is 4.74 Å². The molecule has 5 aromatic heterocycles. The molecule has 98 heavy (non-hydrogen) atoms. The first-order valence-corrected chi connectivity index (χ1v) is 34.9. The van der Waals surface area contributed by atoms with Crippen LogP contribution in [0.15, 0.2) is 152 Å². The van der Waals surface area contributed by atoms with Crippen molar-refractivity contribution >= 4 is 66.1 Å². The Hall–Kier alpha value is -7.82. The molecule has 0 amide bonds. The Morgan fingerprint density at radius 3 is 1.45 bits per heavy atom. The number of aryl methyl sites for hydroxylation is 4. The van der Waals surface area contributed by atoms with Gasteiger partial charge in [0.25, 0.3) is 0 Å². The summed E-state index contributed by atoms with van der Waals surface area (Å²) >= 11 is 6.39. The van der Waals surface area contributed by atoms with Crippen LogP contribution >= 0.6 is 11.6 Å². The summed E-state index contributed by atoms with van der Waals surface area (Å²) in [4.78, 5) is 22.7. The van der Waals surface area contributed by atoms with Crippen molar-refractivity contribution in [3.63, 3.8) is 0 Å². The number of ether oxygens (including phenoxy) is 1. The fourth-order valence-corrected chi connectivity index (χ4v) is 14.1. The maximum absolute atomic E-state index is 13.1. The van der Waals surface area contributed by atoms with Gasteiger partial charge < -0.3 is 4.74 Å². The highest BCUT2D eigenvalue weighted by Gasteiger charge is 2.38. The Bertz CT molecular complexity index is 4530. The van der Waals surface area contributed by atoms with Crippen LogP contribution in [0.25, 0.3) is 54.5 Å². The molecule has 0 saturated heterocycles. The van der Waals surface area contributed by atoms with E-state index in [9.17, 15) is 17.6 Å². The molecular formula is C87H106ClF4N5O. The first kappa shape index (κ1) is 77.5. The van der Waals surface area contributed by atoms with E-state index in [4.69, 9.17) is 26.3 Å². The zero-order valence-electron chi connectivity index (χ0n) is 62.9. The minimum atomic E-state index is -4.34. The van der Waals surface area contributed by atoms with Gasteiger partial charge in [0, 0.05) is 50.7 Å². The van der Waals surface area contributed by atoms with Crippen molar-refractivity contribution in [2.24, 2.45) is 5.41 Å². The lowest BCUT2D eigenvalue weighted by molar-refractivity contribution is -0.138. The van der Waals surface area contributed by atoms with Crippen LogP contribution in [0, 0.1) is 32.0 Å². The summed E-state index contributed by atoms with van der Waals surface area (Å²) in [5.41, 5.74) is 19.1. The summed E-state index contributed by atoms with van der Waals surface area (Å²) in [6, 6.07) is 44.0. The van der Waals surface area contributed by atoms with E-state index in [0.29, 0.717) is 22.4 Å². The Morgan fingerprint density at radius 2 is 0.949 bits per heavy atom. The molecule has 0 spiro atoms. The van der Waals surface area contributed by atoms with Crippen LogP contribution in [0.1, 0.15) is 224 Å². The third kappa shape index (κ3) is 18.5. The molecule has 1 unspecified atom stereocenters. The summed E-state index contributed by atoms with van der Waals surface area (Å²) in [6.07, 6.45) is 3.86. The summed E-state index contributed by atoms with van der Waals surface area (Å²) in [6.45, 7) is 49.6. The number of nitrogens with zero attached hydrogens (tertiary/aromatic N) is 5. The van der Waals surface area contributed by atoms with Gasteiger partial charge in [0.2, 0.25) is 0 Å². The molecule has 0 aliphatic heterocycles. The third-order valence-electron chi connectivity index (χ3n) is 18.3. The smallest absolute Gasteiger partial charge is 0.416 e. The number of hydrogen-bond acceptors (Lipinski definition) is 6. The van der Waals surface area contributed by atoms with Crippen molar-refractivity contribution in [3.8, 4) is 5.75 Å². The number of para-hydroxylation sites is 4. The van der Waals surface area contributed by atoms with Gasteiger partial charge in [0.1, 0.15) is 17.1 Å². The van der Waals surface area contributed by atoms with Crippen LogP contribution in [0.2, 0.25) is 5.02 Å². The second kappa shape index (κ2) is 30.7. The Kier molecular flexibility index (Phi) is 24.3. The van der Waals surface area contributed by atoms with E-state index in [1.54, 1.807) is 46.2 Å². The first-order chi connectivity index (χ1) is 45.5. The van der Waals surface area contributed by atoms with Crippen molar-refractivity contribution in [1.29, 1.82) is 0 Å². The maximum Gasteiger partial charge on any atom is 0.416 e. The number of aromatic nitrogens is 5. The summed E-state index contributed by atoms with van der Waals surface area (Å²) in [5, 5.41) is 6.37. The molecule has 12 rings (SSSR count). The van der Waals surface area contributed by atoms with Gasteiger partial charge in [-0.1, -0.05) is 235 Å². The predicted molar refractivity (Wildman–Crippen MR) is 409 cm³/mol. The summed E-state index contributed by atoms with van der Waals surface area (Å²) in [5.74, 6) is 1.13. The highest BCUT2D eigenvalue weighted by atomic mass is 35.5. The fraction of sp³-hybridized carbons (Fsp3) is 0.414. The largest absolute Gasteiger partial charge is 0.494 e. The molecule has 0 radical (unpaired) electrons. The van der Waals surface area contributed by atoms with Gasteiger partial charge in [-0.05, 0) is 190 Å². The van der Waals surface area contributed by atoms with Gasteiger partial charge in [-0.15, -0.1) is 0 Å². The van der Waals surface area contributed by atoms with Gasteiger partial charge in [-0.3, -0.25) is 24.9 Å². The molecule has 1 atom stereocenters. The second-order valence-corrected chi connectivity index (χ2v) is 32.6. The van der Waals surface area contributed by atoms with Crippen molar-refractivity contribution in [3.05, 3.63) is 235 Å². The van der Waals surface area contributed by atoms with Crippen LogP contribution in [0.3, 0.4) is 0 Å². The molecule has 0 bridgehead atoms. The lowest BCUT2D eigenvalue weighted by Crippen LogP contribution is -2.20. The van der Waals surface area contributed by atoms with Gasteiger partial charge in [0.05, 0.1) is 45.5 Å². The normalized spacial score (nSPS) is 13.0. The average molecular weight is 1350 g/mol. The van der Waals surface area contributed by atoms with E-state index >= 15 is 0 Å². The minimum absolute atomic E-state index is 0.0321. The summed E-state index contributed by atoms with van der Waals surface area (Å²) in [7, 11) is 1.69. The van der Waals surface area contributed by atoms with Gasteiger partial charge >= 0.3 is 6.18 Å². The van der Waals surface area contributed by atoms with E-state index in [-0.39, 0.29) is 32.9 Å². The lowest BCUT2D eigenvalue weighted by atomic mass is 9.78. The van der Waals surface area contributed by atoms with Crippen molar-refractivity contribution in [2.45, 2.75) is 224 Å². The molecule has 520 valence electrons. The highest BCUT2D eigenvalue weighted by molar-refractivity contribution is 6.33. The monoisotopic (exact) mass is 1350 g/mol. The number of halogens is 5. The zero-order chi connectivity index (χ0) is 72.8. The lowest BCUT2D eigenvalue weighted by Gasteiger charge is -2.27. The highest BCUT2D eigenvalue weighted by Crippen LogP contribution is 2.43. The standard InChI is InChI=1S/C16H19N.C16H21N.C15H19NO.C14H16ClN.C14H14F3N.C12H17F/c1-16(2,3)15-11-7-4-5-9-13(11)17-14-10-6-8-12(14)15;1-6-12-11(2)17-14-10-8-7-9-13(14)15(12)16(3,4)5;1-10-9-16-14-11(13(10)15(2,3)4)7-6-8-12(14)17-5;1-9-13(15)12(14(2,3)4)10-7-5-6-8-11(10)16-9;1-13(2,3)12-9-5-4-8-18-11(9)7-6-10(12)14(15,16)17;1-9(12(2,3)4)10-5-7-11(13)8-6-10/h4-5,7,9H,6,8,10H2,1-3H3;7-10H,6H2,1-5H3;6-9H,1-5H3;5-8H,1-4H3;4-8H,1-3H3;5-9H,1-4H3. The number of fused-ring (bicyclic) bond motifs is 6. The van der Waals surface area contributed by atoms with Crippen LogP contribution in [0.4, 0.5) is 17.6 Å². The molecule has 0 saturated carbocycles. The van der Waals surface area contributed by atoms with Crippen LogP contribution in [-0.2, 0) is 52.5 Å². The predicted octanol–water partition coefficient (Wildman–Crippen LogP) is 25.3. The minimum Gasteiger partial charge on any atom is -0.494 e. The Labute approximate surface area is 587 Å². The average Bonchev–Trinajstić information content (AvgIpc) is 1.69. The first-order valence-electron chi connectivity index (χ1n) is 34.5. The second-order valence-electron chi connectivity index (χ2n) is 32.2. The van der Waals surface area contributed by atoms with E-state index in [1.807, 2.05) is 55.6 Å². The Morgan fingerprint density at radius 1 is 0.480 bits per heavy atom. The number of rotatable bonds is 3. The van der Waals surface area contributed by atoms with Crippen LogP contribution in [0.5, 0.6) is 5.75 Å². The quantitative estimate of drug-likeness (QED) is 0.164. The summed E-state index contributed by atoms with van der Waals surface area (Å²) < 4.78 is 57.3. The van der Waals surface area contributed by atoms with Crippen molar-refractivity contribution in [1.82, 2.24) is 24.9 Å². The van der Waals surface area contributed by atoms with E-state index < -0.39 is 17.2 Å². The third-order valence-corrected chi connectivity index (χ3v) is 18.7. The van der Waals surface area contributed by atoms with Crippen LogP contribution in [-0.4, -0.2) is 32.0 Å². The molecule has 11 heteroatoms. The molecule has 1 aliphatic carbocycles. The van der Waals surface area contributed by atoms with Gasteiger partial charge in [0.15, 0.2) is 0 Å². The zero-order valence-corrected chi connectivity index (χ0v) is 63.6. The van der Waals surface area contributed by atoms with E-state index in [0.717, 1.165) is 62.8 Å². The Balaban J connectivity index is 0.000000166. The number of methoxy groups -OCH3 is 1. The SMILES string of the molecule is CC(C)(C)c1c(C(F)(F)F)ccc2ncccc12.CC(C)(C)c1c2c(nc3ccccc13)CCC2.CC(c1ccc(F)cc1)C(C)(C)C.CCc1c(C)nc2ccccc2c1C(C)(C)C.COc1cccc2c(C(C)(C)C)c(C)cnc12.Cc1nc2ccccc2c(C(C)(C)C)c1Cl. The number of benzene rings is 6.